The smallest absolute Gasteiger partial charge is 0.338 e. The van der Waals surface area contributed by atoms with Crippen LogP contribution in [0.2, 0.25) is 0 Å². The fourth-order valence-electron chi connectivity index (χ4n) is 3.62. The van der Waals surface area contributed by atoms with Gasteiger partial charge in [0.2, 0.25) is 0 Å². The number of carbonyl (C=O) groups excluding carboxylic acids is 2. The van der Waals surface area contributed by atoms with Crippen LogP contribution in [0.15, 0.2) is 67.2 Å². The first-order valence-corrected chi connectivity index (χ1v) is 9.14. The summed E-state index contributed by atoms with van der Waals surface area (Å²) in [6, 6.07) is 19.0. The summed E-state index contributed by atoms with van der Waals surface area (Å²) in [7, 11) is 1.36. The Hall–Kier alpha value is -3.40. The molecule has 0 saturated carbocycles. The fourth-order valence-corrected chi connectivity index (χ4v) is 3.62. The maximum Gasteiger partial charge on any atom is 0.338 e. The molecule has 0 atom stereocenters. The number of carbonyl (C=O) groups is 2. The van der Waals surface area contributed by atoms with Gasteiger partial charge in [0.1, 0.15) is 6.10 Å². The lowest BCUT2D eigenvalue weighted by Crippen LogP contribution is -2.19. The van der Waals surface area contributed by atoms with Crippen molar-refractivity contribution in [1.29, 1.82) is 0 Å². The molecule has 4 heteroatoms. The normalized spacial score (nSPS) is 13.2. The van der Waals surface area contributed by atoms with Gasteiger partial charge in [-0.05, 0) is 45.7 Å². The van der Waals surface area contributed by atoms with Crippen LogP contribution < -0.4 is 0 Å². The van der Waals surface area contributed by atoms with Gasteiger partial charge in [0, 0.05) is 12.8 Å². The van der Waals surface area contributed by atoms with E-state index < -0.39 is 5.97 Å². The van der Waals surface area contributed by atoms with Gasteiger partial charge in [-0.25, -0.2) is 9.59 Å². The molecule has 0 fully saturated rings. The summed E-state index contributed by atoms with van der Waals surface area (Å²) in [6.45, 7) is 3.93. The van der Waals surface area contributed by atoms with Gasteiger partial charge in [0.25, 0.3) is 0 Å². The molecule has 28 heavy (non-hydrogen) atoms. The SMILES string of the molecule is C=C(C(=O)OC1Cc2ccccc2C1)c1ccc2cc(C(=O)OC)ccc2c1. The van der Waals surface area contributed by atoms with Crippen molar-refractivity contribution in [1.82, 2.24) is 0 Å². The molecule has 3 aromatic rings. The Morgan fingerprint density at radius 2 is 1.46 bits per heavy atom. The van der Waals surface area contributed by atoms with Crippen LogP contribution >= 0.6 is 0 Å². The molecule has 0 N–H and O–H groups in total. The van der Waals surface area contributed by atoms with Crippen molar-refractivity contribution in [2.45, 2.75) is 18.9 Å². The van der Waals surface area contributed by atoms with E-state index in [0.29, 0.717) is 16.7 Å². The van der Waals surface area contributed by atoms with E-state index in [1.54, 1.807) is 12.1 Å². The highest BCUT2D eigenvalue weighted by Gasteiger charge is 2.25. The van der Waals surface area contributed by atoms with Crippen LogP contribution in [0.25, 0.3) is 16.3 Å². The molecule has 0 bridgehead atoms. The molecule has 1 aliphatic rings. The highest BCUT2D eigenvalue weighted by Crippen LogP contribution is 2.27. The number of hydrogen-bond donors (Lipinski definition) is 0. The van der Waals surface area contributed by atoms with Gasteiger partial charge < -0.3 is 9.47 Å². The van der Waals surface area contributed by atoms with Crippen molar-refractivity contribution in [2.75, 3.05) is 7.11 Å². The lowest BCUT2D eigenvalue weighted by Gasteiger charge is -2.13. The van der Waals surface area contributed by atoms with Crippen molar-refractivity contribution in [3.8, 4) is 0 Å². The zero-order chi connectivity index (χ0) is 19.7. The van der Waals surface area contributed by atoms with Crippen molar-refractivity contribution >= 4 is 28.3 Å². The first-order chi connectivity index (χ1) is 13.5. The standard InChI is InChI=1S/C24H20O4/c1-15(23(25)28-22-13-17-5-3-4-6-18(17)14-22)16-7-8-20-12-21(24(26)27-2)10-9-19(20)11-16/h3-12,22H,1,13-14H2,2H3. The Labute approximate surface area is 163 Å². The second kappa shape index (κ2) is 7.31. The molecular formula is C24H20O4. The Kier molecular flexibility index (Phi) is 4.70. The molecule has 0 aromatic heterocycles. The van der Waals surface area contributed by atoms with Crippen molar-refractivity contribution in [3.63, 3.8) is 0 Å². The molecule has 140 valence electrons. The summed E-state index contributed by atoms with van der Waals surface area (Å²) in [5.41, 5.74) is 3.99. The third-order valence-corrected chi connectivity index (χ3v) is 5.14. The minimum absolute atomic E-state index is 0.148. The minimum atomic E-state index is -0.400. The number of ether oxygens (including phenoxy) is 2. The van der Waals surface area contributed by atoms with Crippen LogP contribution in [-0.2, 0) is 27.1 Å². The van der Waals surface area contributed by atoms with Crippen LogP contribution in [0, 0.1) is 0 Å². The lowest BCUT2D eigenvalue weighted by atomic mass is 10.0. The van der Waals surface area contributed by atoms with Crippen molar-refractivity contribution in [2.24, 2.45) is 0 Å². The Morgan fingerprint density at radius 1 is 0.893 bits per heavy atom. The highest BCUT2D eigenvalue weighted by molar-refractivity contribution is 6.16. The molecule has 4 rings (SSSR count). The zero-order valence-electron chi connectivity index (χ0n) is 15.6. The van der Waals surface area contributed by atoms with E-state index in [-0.39, 0.29) is 12.1 Å². The quantitative estimate of drug-likeness (QED) is 0.505. The van der Waals surface area contributed by atoms with Crippen LogP contribution in [0.1, 0.15) is 27.0 Å². The number of esters is 2. The summed E-state index contributed by atoms with van der Waals surface area (Å²) in [4.78, 5) is 24.3. The van der Waals surface area contributed by atoms with E-state index in [2.05, 4.69) is 18.7 Å². The molecule has 0 heterocycles. The second-order valence-electron chi connectivity index (χ2n) is 6.95. The molecule has 0 saturated heterocycles. The van der Waals surface area contributed by atoms with Crippen LogP contribution in [0.3, 0.4) is 0 Å². The highest BCUT2D eigenvalue weighted by atomic mass is 16.5. The Morgan fingerprint density at radius 3 is 2.07 bits per heavy atom. The summed E-state index contributed by atoms with van der Waals surface area (Å²) < 4.78 is 10.4. The monoisotopic (exact) mass is 372 g/mol. The Balaban J connectivity index is 1.49. The van der Waals surface area contributed by atoms with Gasteiger partial charge in [-0.3, -0.25) is 0 Å². The Bertz CT molecular complexity index is 1070. The summed E-state index contributed by atoms with van der Waals surface area (Å²) in [5, 5.41) is 1.80. The van der Waals surface area contributed by atoms with E-state index in [4.69, 9.17) is 9.47 Å². The predicted molar refractivity (Wildman–Crippen MR) is 108 cm³/mol. The molecule has 3 aromatic carbocycles. The average molecular weight is 372 g/mol. The van der Waals surface area contributed by atoms with E-state index in [1.165, 1.54) is 18.2 Å². The molecule has 0 amide bonds. The number of hydrogen-bond acceptors (Lipinski definition) is 4. The molecular weight excluding hydrogens is 352 g/mol. The summed E-state index contributed by atoms with van der Waals surface area (Å²) in [6.07, 6.45) is 1.33. The van der Waals surface area contributed by atoms with Crippen LogP contribution in [-0.4, -0.2) is 25.2 Å². The first-order valence-electron chi connectivity index (χ1n) is 9.14. The maximum absolute atomic E-state index is 12.6. The van der Waals surface area contributed by atoms with Gasteiger partial charge in [-0.2, -0.15) is 0 Å². The van der Waals surface area contributed by atoms with Crippen LogP contribution in [0.4, 0.5) is 0 Å². The average Bonchev–Trinajstić information content (AvgIpc) is 3.14. The number of fused-ring (bicyclic) bond motifs is 2. The van der Waals surface area contributed by atoms with Crippen molar-refractivity contribution < 1.29 is 19.1 Å². The largest absolute Gasteiger partial charge is 0.465 e. The summed E-state index contributed by atoms with van der Waals surface area (Å²) in [5.74, 6) is -0.778. The van der Waals surface area contributed by atoms with Gasteiger partial charge in [-0.15, -0.1) is 0 Å². The third-order valence-electron chi connectivity index (χ3n) is 5.14. The van der Waals surface area contributed by atoms with Gasteiger partial charge in [-0.1, -0.05) is 49.0 Å². The fraction of sp³-hybridized carbons (Fsp3) is 0.167. The molecule has 1 aliphatic carbocycles. The van der Waals surface area contributed by atoms with Crippen LogP contribution in [0.5, 0.6) is 0 Å². The van der Waals surface area contributed by atoms with E-state index in [1.807, 2.05) is 36.4 Å². The predicted octanol–water partition coefficient (Wildman–Crippen LogP) is 4.35. The summed E-state index contributed by atoms with van der Waals surface area (Å²) >= 11 is 0. The van der Waals surface area contributed by atoms with E-state index in [9.17, 15) is 9.59 Å². The molecule has 0 aliphatic heterocycles. The van der Waals surface area contributed by atoms with Gasteiger partial charge >= 0.3 is 11.9 Å². The van der Waals surface area contributed by atoms with E-state index >= 15 is 0 Å². The molecule has 0 unspecified atom stereocenters. The lowest BCUT2D eigenvalue weighted by molar-refractivity contribution is -0.141. The van der Waals surface area contributed by atoms with Gasteiger partial charge in [0.15, 0.2) is 0 Å². The minimum Gasteiger partial charge on any atom is -0.465 e. The maximum atomic E-state index is 12.6. The number of methoxy groups -OCH3 is 1. The number of rotatable bonds is 4. The van der Waals surface area contributed by atoms with Gasteiger partial charge in [0.05, 0.1) is 18.2 Å². The zero-order valence-corrected chi connectivity index (χ0v) is 15.6. The first kappa shape index (κ1) is 18.0. The molecule has 0 radical (unpaired) electrons. The van der Waals surface area contributed by atoms with Crippen molar-refractivity contribution in [3.05, 3.63) is 89.5 Å². The molecule has 4 nitrogen and oxygen atoms in total. The topological polar surface area (TPSA) is 52.6 Å². The second-order valence-corrected chi connectivity index (χ2v) is 6.95. The number of benzene rings is 3. The molecule has 0 spiro atoms. The van der Waals surface area contributed by atoms with E-state index in [0.717, 1.165) is 23.6 Å². The third kappa shape index (κ3) is 3.41.